The molecular formula is C16H17N3O2. The molecule has 21 heavy (non-hydrogen) atoms. The van der Waals surface area contributed by atoms with Gasteiger partial charge in [0.25, 0.3) is 0 Å². The van der Waals surface area contributed by atoms with Crippen molar-refractivity contribution in [3.05, 3.63) is 42.5 Å². The molecule has 1 aliphatic heterocycles. The molecule has 5 heteroatoms. The second kappa shape index (κ2) is 5.91. The first-order valence-corrected chi connectivity index (χ1v) is 7.11. The van der Waals surface area contributed by atoms with Crippen molar-refractivity contribution >= 4 is 11.8 Å². The molecule has 0 amide bonds. The van der Waals surface area contributed by atoms with E-state index in [2.05, 4.69) is 10.2 Å². The standard InChI is InChI=1S/C16H17N3O2/c20-16(21)13-7-4-10-19(11-13)15-9-8-14(17-18-15)12-5-2-1-3-6-12/h1-3,5-6,8-9,13H,4,7,10-11H2,(H,20,21). The number of hydrogen-bond donors (Lipinski definition) is 1. The number of carboxylic acid groups (broad SMARTS) is 1. The topological polar surface area (TPSA) is 66.3 Å². The first-order chi connectivity index (χ1) is 10.2. The lowest BCUT2D eigenvalue weighted by Gasteiger charge is -2.31. The van der Waals surface area contributed by atoms with Gasteiger partial charge < -0.3 is 10.0 Å². The Morgan fingerprint density at radius 2 is 1.95 bits per heavy atom. The van der Waals surface area contributed by atoms with E-state index in [0.29, 0.717) is 6.54 Å². The number of carboxylic acids is 1. The molecule has 1 fully saturated rings. The summed E-state index contributed by atoms with van der Waals surface area (Å²) in [6, 6.07) is 13.7. The van der Waals surface area contributed by atoms with Crippen LogP contribution >= 0.6 is 0 Å². The van der Waals surface area contributed by atoms with Crippen molar-refractivity contribution in [3.63, 3.8) is 0 Å². The zero-order valence-electron chi connectivity index (χ0n) is 11.6. The molecule has 5 nitrogen and oxygen atoms in total. The second-order valence-electron chi connectivity index (χ2n) is 5.27. The second-order valence-corrected chi connectivity index (χ2v) is 5.27. The number of rotatable bonds is 3. The molecule has 1 aliphatic rings. The van der Waals surface area contributed by atoms with Gasteiger partial charge in [-0.15, -0.1) is 10.2 Å². The highest BCUT2D eigenvalue weighted by atomic mass is 16.4. The van der Waals surface area contributed by atoms with Crippen molar-refractivity contribution in [2.45, 2.75) is 12.8 Å². The van der Waals surface area contributed by atoms with Crippen LogP contribution in [0, 0.1) is 5.92 Å². The van der Waals surface area contributed by atoms with Crippen LogP contribution in [0.4, 0.5) is 5.82 Å². The minimum Gasteiger partial charge on any atom is -0.481 e. The third-order valence-electron chi connectivity index (χ3n) is 3.81. The SMILES string of the molecule is O=C(O)C1CCCN(c2ccc(-c3ccccc3)nn2)C1. The highest BCUT2D eigenvalue weighted by Gasteiger charge is 2.26. The van der Waals surface area contributed by atoms with Gasteiger partial charge in [-0.2, -0.15) is 0 Å². The number of carbonyl (C=O) groups is 1. The van der Waals surface area contributed by atoms with Gasteiger partial charge in [-0.25, -0.2) is 0 Å². The lowest BCUT2D eigenvalue weighted by molar-refractivity contribution is -0.141. The fourth-order valence-electron chi connectivity index (χ4n) is 2.64. The summed E-state index contributed by atoms with van der Waals surface area (Å²) >= 11 is 0. The summed E-state index contributed by atoms with van der Waals surface area (Å²) in [5.74, 6) is -0.288. The Balaban J connectivity index is 1.76. The molecule has 1 N–H and O–H groups in total. The highest BCUT2D eigenvalue weighted by Crippen LogP contribution is 2.23. The molecule has 0 spiro atoms. The van der Waals surface area contributed by atoms with Crippen molar-refractivity contribution in [2.75, 3.05) is 18.0 Å². The zero-order valence-corrected chi connectivity index (χ0v) is 11.6. The van der Waals surface area contributed by atoms with E-state index in [0.717, 1.165) is 36.5 Å². The summed E-state index contributed by atoms with van der Waals surface area (Å²) in [6.45, 7) is 1.35. The van der Waals surface area contributed by atoms with E-state index in [-0.39, 0.29) is 5.92 Å². The van der Waals surface area contributed by atoms with Crippen LogP contribution in [-0.2, 0) is 4.79 Å². The molecule has 2 heterocycles. The van der Waals surface area contributed by atoms with Gasteiger partial charge in [-0.3, -0.25) is 4.79 Å². The molecule has 1 atom stereocenters. The molecule has 2 aromatic rings. The van der Waals surface area contributed by atoms with Crippen molar-refractivity contribution in [2.24, 2.45) is 5.92 Å². The average Bonchev–Trinajstić information content (AvgIpc) is 2.56. The number of benzene rings is 1. The molecule has 0 radical (unpaired) electrons. The summed E-state index contributed by atoms with van der Waals surface area (Å²) in [7, 11) is 0. The van der Waals surface area contributed by atoms with E-state index in [9.17, 15) is 4.79 Å². The third kappa shape index (κ3) is 3.02. The maximum atomic E-state index is 11.1. The Hall–Kier alpha value is -2.43. The molecule has 1 unspecified atom stereocenters. The average molecular weight is 283 g/mol. The fraction of sp³-hybridized carbons (Fsp3) is 0.312. The molecule has 0 saturated carbocycles. The maximum absolute atomic E-state index is 11.1. The normalized spacial score (nSPS) is 18.5. The van der Waals surface area contributed by atoms with Gasteiger partial charge in [0.1, 0.15) is 0 Å². The van der Waals surface area contributed by atoms with Crippen LogP contribution in [0.25, 0.3) is 11.3 Å². The monoisotopic (exact) mass is 283 g/mol. The van der Waals surface area contributed by atoms with E-state index in [1.165, 1.54) is 0 Å². The first kappa shape index (κ1) is 13.5. The molecule has 0 bridgehead atoms. The van der Waals surface area contributed by atoms with Gasteiger partial charge >= 0.3 is 5.97 Å². The van der Waals surface area contributed by atoms with E-state index in [4.69, 9.17) is 5.11 Å². The number of hydrogen-bond acceptors (Lipinski definition) is 4. The van der Waals surface area contributed by atoms with Gasteiger partial charge in [0.05, 0.1) is 11.6 Å². The van der Waals surface area contributed by atoms with Crippen LogP contribution < -0.4 is 4.90 Å². The first-order valence-electron chi connectivity index (χ1n) is 7.11. The van der Waals surface area contributed by atoms with Crippen LogP contribution in [0.1, 0.15) is 12.8 Å². The summed E-state index contributed by atoms with van der Waals surface area (Å²) in [5.41, 5.74) is 1.85. The van der Waals surface area contributed by atoms with E-state index < -0.39 is 5.97 Å². The van der Waals surface area contributed by atoms with Gasteiger partial charge in [0.15, 0.2) is 5.82 Å². The van der Waals surface area contributed by atoms with E-state index >= 15 is 0 Å². The highest BCUT2D eigenvalue weighted by molar-refractivity contribution is 5.71. The Labute approximate surface area is 123 Å². The van der Waals surface area contributed by atoms with Crippen LogP contribution in [0.15, 0.2) is 42.5 Å². The van der Waals surface area contributed by atoms with Crippen molar-refractivity contribution in [1.82, 2.24) is 10.2 Å². The van der Waals surface area contributed by atoms with E-state index in [1.54, 1.807) is 0 Å². The summed E-state index contributed by atoms with van der Waals surface area (Å²) in [4.78, 5) is 13.1. The smallest absolute Gasteiger partial charge is 0.308 e. The molecule has 3 rings (SSSR count). The van der Waals surface area contributed by atoms with Crippen LogP contribution in [0.3, 0.4) is 0 Å². The van der Waals surface area contributed by atoms with Crippen LogP contribution in [-0.4, -0.2) is 34.4 Å². The van der Waals surface area contributed by atoms with Gasteiger partial charge in [0.2, 0.25) is 0 Å². The van der Waals surface area contributed by atoms with Crippen LogP contribution in [0.2, 0.25) is 0 Å². The maximum Gasteiger partial charge on any atom is 0.308 e. The molecular weight excluding hydrogens is 266 g/mol. The van der Waals surface area contributed by atoms with Gasteiger partial charge in [0, 0.05) is 18.7 Å². The molecule has 1 aromatic carbocycles. The lowest BCUT2D eigenvalue weighted by atomic mass is 9.98. The number of piperidine rings is 1. The summed E-state index contributed by atoms with van der Waals surface area (Å²) in [6.07, 6.45) is 1.61. The summed E-state index contributed by atoms with van der Waals surface area (Å²) in [5, 5.41) is 17.6. The summed E-state index contributed by atoms with van der Waals surface area (Å²) < 4.78 is 0. The number of aliphatic carboxylic acids is 1. The van der Waals surface area contributed by atoms with Crippen molar-refractivity contribution in [3.8, 4) is 11.3 Å². The fourth-order valence-corrected chi connectivity index (χ4v) is 2.64. The van der Waals surface area contributed by atoms with Gasteiger partial charge in [-0.05, 0) is 25.0 Å². The predicted molar refractivity (Wildman–Crippen MR) is 80.0 cm³/mol. The molecule has 1 aromatic heterocycles. The quantitative estimate of drug-likeness (QED) is 0.937. The predicted octanol–water partition coefficient (Wildman–Crippen LogP) is 2.44. The Morgan fingerprint density at radius 1 is 1.14 bits per heavy atom. The lowest BCUT2D eigenvalue weighted by Crippen LogP contribution is -2.39. The van der Waals surface area contributed by atoms with Crippen LogP contribution in [0.5, 0.6) is 0 Å². The Bertz CT molecular complexity index is 613. The van der Waals surface area contributed by atoms with Crippen molar-refractivity contribution in [1.29, 1.82) is 0 Å². The molecule has 0 aliphatic carbocycles. The minimum atomic E-state index is -0.728. The largest absolute Gasteiger partial charge is 0.481 e. The van der Waals surface area contributed by atoms with E-state index in [1.807, 2.05) is 47.4 Å². The number of nitrogens with zero attached hydrogens (tertiary/aromatic N) is 3. The van der Waals surface area contributed by atoms with Crippen molar-refractivity contribution < 1.29 is 9.90 Å². The Morgan fingerprint density at radius 3 is 2.62 bits per heavy atom. The minimum absolute atomic E-state index is 0.311. The number of anilines is 1. The van der Waals surface area contributed by atoms with Gasteiger partial charge in [-0.1, -0.05) is 30.3 Å². The molecule has 1 saturated heterocycles. The molecule has 108 valence electrons. The Kier molecular flexibility index (Phi) is 3.81. The number of aromatic nitrogens is 2. The third-order valence-corrected chi connectivity index (χ3v) is 3.81. The zero-order chi connectivity index (χ0) is 14.7.